The van der Waals surface area contributed by atoms with Crippen molar-refractivity contribution in [1.29, 1.82) is 0 Å². The molecule has 0 unspecified atom stereocenters. The van der Waals surface area contributed by atoms with Crippen LogP contribution in [-0.2, 0) is 13.0 Å². The van der Waals surface area contributed by atoms with Crippen molar-refractivity contribution >= 4 is 27.3 Å². The van der Waals surface area contributed by atoms with Crippen molar-refractivity contribution in [3.05, 3.63) is 52.9 Å². The summed E-state index contributed by atoms with van der Waals surface area (Å²) in [5.74, 6) is 1.16. The van der Waals surface area contributed by atoms with Crippen molar-refractivity contribution in [3.63, 3.8) is 0 Å². The Morgan fingerprint density at radius 3 is 3.14 bits per heavy atom. The van der Waals surface area contributed by atoms with Crippen LogP contribution in [0.3, 0.4) is 0 Å². The number of nitrogens with zero attached hydrogens (tertiary/aromatic N) is 2. The van der Waals surface area contributed by atoms with Gasteiger partial charge in [0.2, 0.25) is 0 Å². The van der Waals surface area contributed by atoms with Gasteiger partial charge in [0.05, 0.1) is 10.6 Å². The van der Waals surface area contributed by atoms with E-state index in [1.807, 2.05) is 31.2 Å². The first-order valence-corrected chi connectivity index (χ1v) is 8.33. The number of aromatic nitrogens is 2. The number of carbonyl (C=O) groups is 1. The van der Waals surface area contributed by atoms with Gasteiger partial charge in [-0.25, -0.2) is 4.98 Å². The van der Waals surface area contributed by atoms with Gasteiger partial charge in [-0.3, -0.25) is 4.79 Å². The molecule has 1 aliphatic heterocycles. The molecule has 3 aromatic rings. The fourth-order valence-corrected chi connectivity index (χ4v) is 4.02. The van der Waals surface area contributed by atoms with Crippen LogP contribution in [0.4, 0.5) is 0 Å². The van der Waals surface area contributed by atoms with Crippen LogP contribution in [0.25, 0.3) is 10.1 Å². The first-order chi connectivity index (χ1) is 10.7. The quantitative estimate of drug-likeness (QED) is 0.790. The summed E-state index contributed by atoms with van der Waals surface area (Å²) in [5.41, 5.74) is 1.05. The lowest BCUT2D eigenvalue weighted by Gasteiger charge is -2.24. The first-order valence-electron chi connectivity index (χ1n) is 7.51. The van der Waals surface area contributed by atoms with E-state index in [4.69, 9.17) is 0 Å². The highest BCUT2D eigenvalue weighted by Gasteiger charge is 2.22. The third kappa shape index (κ3) is 2.41. The lowest BCUT2D eigenvalue weighted by Crippen LogP contribution is -2.40. The van der Waals surface area contributed by atoms with E-state index >= 15 is 0 Å². The number of carbonyl (C=O) groups excluding carboxylic acids is 1. The average Bonchev–Trinajstić information content (AvgIpc) is 3.08. The standard InChI is InChI=1S/C17H17N3OS/c1-11-9-20-10-13(6-7-16(20)18-11)19-17(21)15-8-12-4-2-3-5-14(12)22-15/h2-5,8-9,13H,6-7,10H2,1H3,(H,19,21)/t13-/m1/s1. The third-order valence-corrected chi connectivity index (χ3v) is 5.21. The SMILES string of the molecule is Cc1cn2c(n1)CC[C@@H](NC(=O)c1cc3ccccc3s1)C2. The van der Waals surface area contributed by atoms with E-state index < -0.39 is 0 Å². The zero-order valence-corrected chi connectivity index (χ0v) is 13.2. The topological polar surface area (TPSA) is 46.9 Å². The molecule has 0 saturated carbocycles. The van der Waals surface area contributed by atoms with Gasteiger partial charge in [-0.05, 0) is 30.9 Å². The van der Waals surface area contributed by atoms with Crippen molar-refractivity contribution in [3.8, 4) is 0 Å². The molecule has 0 aliphatic carbocycles. The van der Waals surface area contributed by atoms with Gasteiger partial charge in [0.25, 0.3) is 5.91 Å². The summed E-state index contributed by atoms with van der Waals surface area (Å²) in [6, 6.07) is 10.3. The predicted molar refractivity (Wildman–Crippen MR) is 88.4 cm³/mol. The molecule has 1 aromatic carbocycles. The summed E-state index contributed by atoms with van der Waals surface area (Å²) >= 11 is 1.55. The van der Waals surface area contributed by atoms with E-state index in [9.17, 15) is 4.79 Å². The summed E-state index contributed by atoms with van der Waals surface area (Å²) in [6.07, 6.45) is 3.94. The lowest BCUT2D eigenvalue weighted by molar-refractivity contribution is 0.0932. The summed E-state index contributed by atoms with van der Waals surface area (Å²) in [5, 5.41) is 4.30. The molecule has 1 atom stereocenters. The Morgan fingerprint density at radius 1 is 1.41 bits per heavy atom. The number of amides is 1. The molecule has 5 heteroatoms. The van der Waals surface area contributed by atoms with Crippen LogP contribution in [0.1, 0.15) is 27.6 Å². The second-order valence-corrected chi connectivity index (χ2v) is 6.89. The number of imidazole rings is 1. The van der Waals surface area contributed by atoms with Gasteiger partial charge in [-0.2, -0.15) is 0 Å². The van der Waals surface area contributed by atoms with Crippen LogP contribution in [0, 0.1) is 6.92 Å². The number of hydrogen-bond donors (Lipinski definition) is 1. The second-order valence-electron chi connectivity index (χ2n) is 5.81. The minimum absolute atomic E-state index is 0.0338. The highest BCUT2D eigenvalue weighted by Crippen LogP contribution is 2.25. The molecular weight excluding hydrogens is 294 g/mol. The molecule has 0 bridgehead atoms. The number of benzene rings is 1. The molecular formula is C17H17N3OS. The lowest BCUT2D eigenvalue weighted by atomic mass is 10.1. The summed E-state index contributed by atoms with van der Waals surface area (Å²) in [6.45, 7) is 2.82. The van der Waals surface area contributed by atoms with Crippen LogP contribution < -0.4 is 5.32 Å². The van der Waals surface area contributed by atoms with Crippen LogP contribution in [0.5, 0.6) is 0 Å². The summed E-state index contributed by atoms with van der Waals surface area (Å²) in [7, 11) is 0. The molecule has 0 saturated heterocycles. The Kier molecular flexibility index (Phi) is 3.22. The van der Waals surface area contributed by atoms with Crippen molar-refractivity contribution in [1.82, 2.24) is 14.9 Å². The molecule has 1 amide bonds. The monoisotopic (exact) mass is 311 g/mol. The number of thiophene rings is 1. The van der Waals surface area contributed by atoms with Crippen LogP contribution in [0.2, 0.25) is 0 Å². The fraction of sp³-hybridized carbons (Fsp3) is 0.294. The summed E-state index contributed by atoms with van der Waals surface area (Å²) < 4.78 is 3.32. The van der Waals surface area contributed by atoms with E-state index in [0.717, 1.165) is 45.9 Å². The number of aryl methyl sites for hydroxylation is 2. The normalized spacial score (nSPS) is 17.4. The molecule has 1 N–H and O–H groups in total. The number of nitrogens with one attached hydrogen (secondary N) is 1. The van der Waals surface area contributed by atoms with E-state index in [0.29, 0.717) is 0 Å². The van der Waals surface area contributed by atoms with E-state index in [-0.39, 0.29) is 11.9 Å². The van der Waals surface area contributed by atoms with Crippen LogP contribution >= 0.6 is 11.3 Å². The Balaban J connectivity index is 1.50. The van der Waals surface area contributed by atoms with Crippen molar-refractivity contribution in [2.45, 2.75) is 32.4 Å². The van der Waals surface area contributed by atoms with Gasteiger partial charge in [-0.15, -0.1) is 11.3 Å². The maximum absolute atomic E-state index is 12.5. The van der Waals surface area contributed by atoms with E-state index in [2.05, 4.69) is 27.1 Å². The smallest absolute Gasteiger partial charge is 0.261 e. The van der Waals surface area contributed by atoms with Crippen LogP contribution in [0.15, 0.2) is 36.5 Å². The van der Waals surface area contributed by atoms with Gasteiger partial charge >= 0.3 is 0 Å². The molecule has 3 heterocycles. The van der Waals surface area contributed by atoms with Crippen LogP contribution in [-0.4, -0.2) is 21.5 Å². The molecule has 0 fully saturated rings. The molecule has 4 rings (SSSR count). The van der Waals surface area contributed by atoms with Gasteiger partial charge in [0, 0.05) is 29.9 Å². The Hall–Kier alpha value is -2.14. The average molecular weight is 311 g/mol. The number of rotatable bonds is 2. The number of hydrogen-bond acceptors (Lipinski definition) is 3. The maximum Gasteiger partial charge on any atom is 0.261 e. The Morgan fingerprint density at radius 2 is 2.27 bits per heavy atom. The van der Waals surface area contributed by atoms with Crippen molar-refractivity contribution < 1.29 is 4.79 Å². The second kappa shape index (κ2) is 5.25. The van der Waals surface area contributed by atoms with Gasteiger partial charge in [0.15, 0.2) is 0 Å². The molecule has 4 nitrogen and oxygen atoms in total. The highest BCUT2D eigenvalue weighted by molar-refractivity contribution is 7.20. The van der Waals surface area contributed by atoms with Gasteiger partial charge in [-0.1, -0.05) is 18.2 Å². The number of fused-ring (bicyclic) bond motifs is 2. The van der Waals surface area contributed by atoms with Crippen molar-refractivity contribution in [2.75, 3.05) is 0 Å². The van der Waals surface area contributed by atoms with Gasteiger partial charge < -0.3 is 9.88 Å². The molecule has 22 heavy (non-hydrogen) atoms. The van der Waals surface area contributed by atoms with Gasteiger partial charge in [0.1, 0.15) is 5.82 Å². The maximum atomic E-state index is 12.5. The molecule has 1 aliphatic rings. The first kappa shape index (κ1) is 13.5. The molecule has 112 valence electrons. The molecule has 2 aromatic heterocycles. The fourth-order valence-electron chi connectivity index (χ4n) is 3.05. The third-order valence-electron chi connectivity index (χ3n) is 4.10. The molecule has 0 spiro atoms. The minimum atomic E-state index is 0.0338. The largest absolute Gasteiger partial charge is 0.347 e. The predicted octanol–water partition coefficient (Wildman–Crippen LogP) is 3.15. The van der Waals surface area contributed by atoms with Crippen molar-refractivity contribution in [2.24, 2.45) is 0 Å². The Labute approximate surface area is 132 Å². The Bertz CT molecular complexity index is 816. The zero-order chi connectivity index (χ0) is 15.1. The minimum Gasteiger partial charge on any atom is -0.347 e. The zero-order valence-electron chi connectivity index (χ0n) is 12.4. The van der Waals surface area contributed by atoms with E-state index in [1.54, 1.807) is 11.3 Å². The highest BCUT2D eigenvalue weighted by atomic mass is 32.1. The summed E-state index contributed by atoms with van der Waals surface area (Å²) in [4.78, 5) is 17.8. The van der Waals surface area contributed by atoms with E-state index in [1.165, 1.54) is 0 Å². The molecule has 0 radical (unpaired) electrons.